The molecule has 0 rings (SSSR count). The van der Waals surface area contributed by atoms with E-state index in [2.05, 4.69) is 34.6 Å². The van der Waals surface area contributed by atoms with Gasteiger partial charge in [0.2, 0.25) is 0 Å². The molecule has 0 fully saturated rings. The number of hydrogen-bond donors (Lipinski definition) is 2. The standard InChI is InChI=1S/C13H28O2/c1-6-10(7-2)12(15)11(14)8-9-13(3,4)5/h10-12,14-15H,6-9H2,1-5H3. The van der Waals surface area contributed by atoms with Gasteiger partial charge in [0.1, 0.15) is 0 Å². The van der Waals surface area contributed by atoms with E-state index in [1.807, 2.05) is 0 Å². The summed E-state index contributed by atoms with van der Waals surface area (Å²) in [6.45, 7) is 10.6. The van der Waals surface area contributed by atoms with Crippen molar-refractivity contribution in [3.63, 3.8) is 0 Å². The Morgan fingerprint density at radius 3 is 1.80 bits per heavy atom. The summed E-state index contributed by atoms with van der Waals surface area (Å²) in [7, 11) is 0. The summed E-state index contributed by atoms with van der Waals surface area (Å²) >= 11 is 0. The van der Waals surface area contributed by atoms with Crippen molar-refractivity contribution in [3.8, 4) is 0 Å². The van der Waals surface area contributed by atoms with Gasteiger partial charge < -0.3 is 10.2 Å². The van der Waals surface area contributed by atoms with Crippen molar-refractivity contribution in [1.29, 1.82) is 0 Å². The van der Waals surface area contributed by atoms with Crippen LogP contribution in [0.25, 0.3) is 0 Å². The molecule has 0 saturated carbocycles. The number of aliphatic hydroxyl groups excluding tert-OH is 2. The summed E-state index contributed by atoms with van der Waals surface area (Å²) in [5, 5.41) is 19.8. The van der Waals surface area contributed by atoms with Gasteiger partial charge in [-0.15, -0.1) is 0 Å². The van der Waals surface area contributed by atoms with Crippen LogP contribution in [-0.2, 0) is 0 Å². The SMILES string of the molecule is CCC(CC)C(O)C(O)CCC(C)(C)C. The molecule has 0 saturated heterocycles. The summed E-state index contributed by atoms with van der Waals surface area (Å²) in [6.07, 6.45) is 2.40. The second kappa shape index (κ2) is 6.49. The molecule has 15 heavy (non-hydrogen) atoms. The molecule has 0 heterocycles. The van der Waals surface area contributed by atoms with Gasteiger partial charge in [-0.3, -0.25) is 0 Å². The van der Waals surface area contributed by atoms with E-state index in [9.17, 15) is 10.2 Å². The Kier molecular flexibility index (Phi) is 6.46. The topological polar surface area (TPSA) is 40.5 Å². The van der Waals surface area contributed by atoms with Gasteiger partial charge in [0, 0.05) is 0 Å². The van der Waals surface area contributed by atoms with Gasteiger partial charge in [-0.1, -0.05) is 47.5 Å². The Morgan fingerprint density at radius 2 is 1.47 bits per heavy atom. The fourth-order valence-electron chi connectivity index (χ4n) is 1.84. The molecule has 2 unspecified atom stereocenters. The average molecular weight is 216 g/mol. The molecule has 92 valence electrons. The Morgan fingerprint density at radius 1 is 1.00 bits per heavy atom. The maximum absolute atomic E-state index is 9.92. The van der Waals surface area contributed by atoms with Crippen molar-refractivity contribution < 1.29 is 10.2 Å². The summed E-state index contributed by atoms with van der Waals surface area (Å²) in [5.74, 6) is 0.236. The molecule has 2 nitrogen and oxygen atoms in total. The molecule has 0 aliphatic rings. The lowest BCUT2D eigenvalue weighted by Crippen LogP contribution is -2.33. The predicted octanol–water partition coefficient (Wildman–Crippen LogP) is 2.97. The Labute approximate surface area is 94.7 Å². The van der Waals surface area contributed by atoms with Crippen molar-refractivity contribution in [1.82, 2.24) is 0 Å². The second-order valence-corrected chi connectivity index (χ2v) is 5.73. The van der Waals surface area contributed by atoms with E-state index in [-0.39, 0.29) is 11.3 Å². The molecule has 0 aliphatic heterocycles. The van der Waals surface area contributed by atoms with Gasteiger partial charge in [0.05, 0.1) is 12.2 Å². The minimum Gasteiger partial charge on any atom is -0.390 e. The quantitative estimate of drug-likeness (QED) is 0.716. The van der Waals surface area contributed by atoms with Crippen LogP contribution in [0.3, 0.4) is 0 Å². The van der Waals surface area contributed by atoms with Gasteiger partial charge in [-0.2, -0.15) is 0 Å². The van der Waals surface area contributed by atoms with E-state index in [4.69, 9.17) is 0 Å². The highest BCUT2D eigenvalue weighted by Gasteiger charge is 2.24. The number of aliphatic hydroxyl groups is 2. The van der Waals surface area contributed by atoms with Crippen LogP contribution in [-0.4, -0.2) is 22.4 Å². The Bertz CT molecular complexity index is 156. The van der Waals surface area contributed by atoms with Gasteiger partial charge in [-0.25, -0.2) is 0 Å². The van der Waals surface area contributed by atoms with Crippen molar-refractivity contribution in [2.24, 2.45) is 11.3 Å². The van der Waals surface area contributed by atoms with E-state index < -0.39 is 12.2 Å². The number of hydrogen-bond acceptors (Lipinski definition) is 2. The third kappa shape index (κ3) is 6.16. The minimum atomic E-state index is -0.561. The summed E-state index contributed by atoms with van der Waals surface area (Å²) in [6, 6.07) is 0. The fraction of sp³-hybridized carbons (Fsp3) is 1.00. The van der Waals surface area contributed by atoms with E-state index in [1.165, 1.54) is 0 Å². The van der Waals surface area contributed by atoms with Crippen LogP contribution in [0.15, 0.2) is 0 Å². The lowest BCUT2D eigenvalue weighted by Gasteiger charge is -2.27. The van der Waals surface area contributed by atoms with Gasteiger partial charge in [-0.05, 0) is 24.2 Å². The maximum atomic E-state index is 9.92. The van der Waals surface area contributed by atoms with Gasteiger partial charge >= 0.3 is 0 Å². The minimum absolute atomic E-state index is 0.231. The highest BCUT2D eigenvalue weighted by atomic mass is 16.3. The first-order valence-electron chi connectivity index (χ1n) is 6.18. The van der Waals surface area contributed by atoms with E-state index in [1.54, 1.807) is 0 Å². The summed E-state index contributed by atoms with van der Waals surface area (Å²) in [5.41, 5.74) is 0.231. The largest absolute Gasteiger partial charge is 0.390 e. The van der Waals surface area contributed by atoms with E-state index >= 15 is 0 Å². The second-order valence-electron chi connectivity index (χ2n) is 5.73. The third-order valence-electron chi connectivity index (χ3n) is 3.12. The predicted molar refractivity (Wildman–Crippen MR) is 64.8 cm³/mol. The molecule has 0 spiro atoms. The van der Waals surface area contributed by atoms with Crippen molar-refractivity contribution >= 4 is 0 Å². The Balaban J connectivity index is 4.03. The molecule has 0 aliphatic carbocycles. The highest BCUT2D eigenvalue weighted by Crippen LogP contribution is 2.25. The molecule has 2 heteroatoms. The van der Waals surface area contributed by atoms with Crippen LogP contribution in [0.4, 0.5) is 0 Å². The maximum Gasteiger partial charge on any atom is 0.0826 e. The lowest BCUT2D eigenvalue weighted by atomic mass is 9.85. The van der Waals surface area contributed by atoms with Gasteiger partial charge in [0.25, 0.3) is 0 Å². The fourth-order valence-corrected chi connectivity index (χ4v) is 1.84. The first-order valence-corrected chi connectivity index (χ1v) is 6.18. The van der Waals surface area contributed by atoms with Crippen LogP contribution in [0.5, 0.6) is 0 Å². The summed E-state index contributed by atoms with van der Waals surface area (Å²) < 4.78 is 0. The molecule has 2 atom stereocenters. The molecule has 2 N–H and O–H groups in total. The van der Waals surface area contributed by atoms with Crippen molar-refractivity contribution in [2.45, 2.75) is 72.5 Å². The molecular weight excluding hydrogens is 188 g/mol. The third-order valence-corrected chi connectivity index (χ3v) is 3.12. The molecule has 0 aromatic rings. The first kappa shape index (κ1) is 14.9. The normalized spacial score (nSPS) is 16.8. The number of rotatable bonds is 6. The smallest absolute Gasteiger partial charge is 0.0826 e. The first-order chi connectivity index (χ1) is 6.81. The van der Waals surface area contributed by atoms with Crippen molar-refractivity contribution in [2.75, 3.05) is 0 Å². The van der Waals surface area contributed by atoms with E-state index in [0.717, 1.165) is 19.3 Å². The zero-order valence-electron chi connectivity index (χ0n) is 11.0. The zero-order valence-corrected chi connectivity index (χ0v) is 11.0. The van der Waals surface area contributed by atoms with Crippen LogP contribution in [0.1, 0.15) is 60.3 Å². The van der Waals surface area contributed by atoms with E-state index in [0.29, 0.717) is 6.42 Å². The van der Waals surface area contributed by atoms with Gasteiger partial charge in [0.15, 0.2) is 0 Å². The Hall–Kier alpha value is -0.0800. The van der Waals surface area contributed by atoms with Crippen LogP contribution >= 0.6 is 0 Å². The molecular formula is C13H28O2. The monoisotopic (exact) mass is 216 g/mol. The highest BCUT2D eigenvalue weighted by molar-refractivity contribution is 4.76. The van der Waals surface area contributed by atoms with Crippen LogP contribution < -0.4 is 0 Å². The van der Waals surface area contributed by atoms with Crippen molar-refractivity contribution in [3.05, 3.63) is 0 Å². The lowest BCUT2D eigenvalue weighted by molar-refractivity contribution is -0.0275. The molecule has 0 aromatic heterocycles. The molecule has 0 radical (unpaired) electrons. The molecule has 0 aromatic carbocycles. The van der Waals surface area contributed by atoms with Crippen LogP contribution in [0.2, 0.25) is 0 Å². The van der Waals surface area contributed by atoms with Crippen LogP contribution in [0, 0.1) is 11.3 Å². The summed E-state index contributed by atoms with van der Waals surface area (Å²) in [4.78, 5) is 0. The molecule has 0 amide bonds. The zero-order chi connectivity index (χ0) is 12.1. The molecule has 0 bridgehead atoms. The average Bonchev–Trinajstić information content (AvgIpc) is 2.14.